The number of hydrogen-bond acceptors (Lipinski definition) is 3. The molecule has 1 aromatic carbocycles. The molecule has 1 N–H and O–H groups in total. The minimum atomic E-state index is -0.440. The van der Waals surface area contributed by atoms with Crippen LogP contribution in [0.15, 0.2) is 42.7 Å². The number of aliphatic hydroxyl groups excluding tert-OH is 1. The number of anilines is 1. The molecule has 1 aliphatic rings. The van der Waals surface area contributed by atoms with Gasteiger partial charge in [0.25, 0.3) is 0 Å². The van der Waals surface area contributed by atoms with Gasteiger partial charge in [0.2, 0.25) is 0 Å². The molecule has 1 aliphatic heterocycles. The molecule has 1 saturated heterocycles. The van der Waals surface area contributed by atoms with Crippen molar-refractivity contribution >= 4 is 28.9 Å². The molecule has 0 spiro atoms. The Labute approximate surface area is 140 Å². The molecule has 0 amide bonds. The summed E-state index contributed by atoms with van der Waals surface area (Å²) in [6.45, 7) is 1.81. The molecule has 22 heavy (non-hydrogen) atoms. The van der Waals surface area contributed by atoms with Crippen LogP contribution in [0.25, 0.3) is 0 Å². The molecular formula is C17H18Cl2N2O. The topological polar surface area (TPSA) is 36.4 Å². The van der Waals surface area contributed by atoms with Gasteiger partial charge in [0, 0.05) is 31.2 Å². The van der Waals surface area contributed by atoms with E-state index in [4.69, 9.17) is 23.2 Å². The van der Waals surface area contributed by atoms with Crippen LogP contribution in [0.3, 0.4) is 0 Å². The fourth-order valence-corrected chi connectivity index (χ4v) is 3.27. The number of aliphatic hydroxyl groups is 1. The van der Waals surface area contributed by atoms with E-state index in [2.05, 4.69) is 9.88 Å². The van der Waals surface area contributed by atoms with Crippen molar-refractivity contribution in [2.45, 2.75) is 18.9 Å². The van der Waals surface area contributed by atoms with Gasteiger partial charge in [-0.15, -0.1) is 0 Å². The highest BCUT2D eigenvalue weighted by Crippen LogP contribution is 2.34. The minimum absolute atomic E-state index is 0.267. The van der Waals surface area contributed by atoms with E-state index in [1.54, 1.807) is 12.4 Å². The number of nitrogens with zero attached hydrogens (tertiary/aromatic N) is 2. The normalized spacial score (nSPS) is 17.5. The number of piperidine rings is 1. The van der Waals surface area contributed by atoms with Gasteiger partial charge in [-0.3, -0.25) is 4.98 Å². The Balaban J connectivity index is 1.64. The van der Waals surface area contributed by atoms with E-state index >= 15 is 0 Å². The molecule has 2 heterocycles. The smallest absolute Gasteiger partial charge is 0.0834 e. The molecule has 1 aromatic heterocycles. The Morgan fingerprint density at radius 2 is 1.91 bits per heavy atom. The third-order valence-electron chi connectivity index (χ3n) is 4.28. The molecule has 2 aromatic rings. The zero-order chi connectivity index (χ0) is 15.5. The number of rotatable bonds is 3. The van der Waals surface area contributed by atoms with Gasteiger partial charge in [0.15, 0.2) is 0 Å². The van der Waals surface area contributed by atoms with E-state index < -0.39 is 6.10 Å². The molecule has 0 radical (unpaired) electrons. The van der Waals surface area contributed by atoms with Gasteiger partial charge < -0.3 is 10.0 Å². The zero-order valence-corrected chi connectivity index (χ0v) is 13.6. The van der Waals surface area contributed by atoms with Gasteiger partial charge >= 0.3 is 0 Å². The third-order valence-corrected chi connectivity index (χ3v) is 5.02. The van der Waals surface area contributed by atoms with E-state index in [0.717, 1.165) is 37.2 Å². The maximum Gasteiger partial charge on any atom is 0.0834 e. The van der Waals surface area contributed by atoms with E-state index in [0.29, 0.717) is 10.0 Å². The quantitative estimate of drug-likeness (QED) is 0.905. The summed E-state index contributed by atoms with van der Waals surface area (Å²) in [5.74, 6) is 0.267. The van der Waals surface area contributed by atoms with Gasteiger partial charge in [-0.2, -0.15) is 0 Å². The first-order valence-electron chi connectivity index (χ1n) is 7.43. The van der Waals surface area contributed by atoms with Crippen LogP contribution in [0.2, 0.25) is 10.0 Å². The maximum atomic E-state index is 10.5. The Kier molecular flexibility index (Phi) is 4.87. The van der Waals surface area contributed by atoms with Crippen LogP contribution < -0.4 is 4.90 Å². The van der Waals surface area contributed by atoms with Crippen molar-refractivity contribution in [2.75, 3.05) is 18.0 Å². The van der Waals surface area contributed by atoms with Gasteiger partial charge in [0.1, 0.15) is 0 Å². The fraction of sp³-hybridized carbons (Fsp3) is 0.353. The number of aromatic nitrogens is 1. The van der Waals surface area contributed by atoms with Crippen molar-refractivity contribution in [1.29, 1.82) is 0 Å². The average molecular weight is 337 g/mol. The largest absolute Gasteiger partial charge is 0.388 e. The molecule has 3 rings (SSSR count). The van der Waals surface area contributed by atoms with Gasteiger partial charge in [-0.25, -0.2) is 0 Å². The van der Waals surface area contributed by atoms with E-state index in [-0.39, 0.29) is 5.92 Å². The summed E-state index contributed by atoms with van der Waals surface area (Å²) in [7, 11) is 0. The van der Waals surface area contributed by atoms with Crippen molar-refractivity contribution in [2.24, 2.45) is 5.92 Å². The molecule has 116 valence electrons. The zero-order valence-electron chi connectivity index (χ0n) is 12.1. The van der Waals surface area contributed by atoms with Crippen molar-refractivity contribution in [3.8, 4) is 0 Å². The molecule has 1 atom stereocenters. The SMILES string of the molecule is O[C@H](c1cccnc1)C1CCN(c2ccc(Cl)c(Cl)c2)CC1. The second kappa shape index (κ2) is 6.86. The lowest BCUT2D eigenvalue weighted by Crippen LogP contribution is -2.35. The maximum absolute atomic E-state index is 10.5. The van der Waals surface area contributed by atoms with E-state index in [1.807, 2.05) is 30.3 Å². The molecular weight excluding hydrogens is 319 g/mol. The summed E-state index contributed by atoms with van der Waals surface area (Å²) >= 11 is 12.0. The monoisotopic (exact) mass is 336 g/mol. The number of benzene rings is 1. The highest BCUT2D eigenvalue weighted by Gasteiger charge is 2.26. The first-order chi connectivity index (χ1) is 10.6. The molecule has 1 fully saturated rings. The van der Waals surface area contributed by atoms with Crippen LogP contribution in [-0.4, -0.2) is 23.2 Å². The standard InChI is InChI=1S/C17H18Cl2N2O/c18-15-4-3-14(10-16(15)19)21-8-5-12(6-9-21)17(22)13-2-1-7-20-11-13/h1-4,7,10-12,17,22H,5-6,8-9H2/t17-/m0/s1. The average Bonchev–Trinajstić information content (AvgIpc) is 2.58. The minimum Gasteiger partial charge on any atom is -0.388 e. The lowest BCUT2D eigenvalue weighted by atomic mass is 9.88. The highest BCUT2D eigenvalue weighted by molar-refractivity contribution is 6.42. The summed E-state index contributed by atoms with van der Waals surface area (Å²) in [5.41, 5.74) is 1.99. The molecule has 0 unspecified atom stereocenters. The van der Waals surface area contributed by atoms with Crippen molar-refractivity contribution in [3.05, 3.63) is 58.3 Å². The van der Waals surface area contributed by atoms with Crippen molar-refractivity contribution in [3.63, 3.8) is 0 Å². The summed E-state index contributed by atoms with van der Waals surface area (Å²) in [4.78, 5) is 6.37. The lowest BCUT2D eigenvalue weighted by molar-refractivity contribution is 0.0926. The molecule has 0 saturated carbocycles. The van der Waals surface area contributed by atoms with Crippen LogP contribution >= 0.6 is 23.2 Å². The van der Waals surface area contributed by atoms with Crippen molar-refractivity contribution < 1.29 is 5.11 Å². The Bertz CT molecular complexity index is 628. The molecule has 3 nitrogen and oxygen atoms in total. The highest BCUT2D eigenvalue weighted by atomic mass is 35.5. The van der Waals surface area contributed by atoms with Gasteiger partial charge in [0.05, 0.1) is 16.1 Å². The first kappa shape index (κ1) is 15.6. The summed E-state index contributed by atoms with van der Waals surface area (Å²) in [6.07, 6.45) is 4.91. The number of pyridine rings is 1. The Morgan fingerprint density at radius 1 is 1.14 bits per heavy atom. The second-order valence-corrected chi connectivity index (χ2v) is 6.47. The Hall–Kier alpha value is -1.29. The summed E-state index contributed by atoms with van der Waals surface area (Å²) in [5, 5.41) is 11.6. The molecule has 5 heteroatoms. The van der Waals surface area contributed by atoms with E-state index in [9.17, 15) is 5.11 Å². The van der Waals surface area contributed by atoms with Crippen LogP contribution in [-0.2, 0) is 0 Å². The van der Waals surface area contributed by atoms with Crippen LogP contribution in [0, 0.1) is 5.92 Å². The molecule has 0 aliphatic carbocycles. The second-order valence-electron chi connectivity index (χ2n) is 5.65. The van der Waals surface area contributed by atoms with Crippen LogP contribution in [0.1, 0.15) is 24.5 Å². The molecule has 0 bridgehead atoms. The van der Waals surface area contributed by atoms with E-state index in [1.165, 1.54) is 0 Å². The summed E-state index contributed by atoms with van der Waals surface area (Å²) in [6, 6.07) is 9.52. The summed E-state index contributed by atoms with van der Waals surface area (Å²) < 4.78 is 0. The van der Waals surface area contributed by atoms with Crippen molar-refractivity contribution in [1.82, 2.24) is 4.98 Å². The fourth-order valence-electron chi connectivity index (χ4n) is 2.98. The van der Waals surface area contributed by atoms with Crippen LogP contribution in [0.4, 0.5) is 5.69 Å². The predicted molar refractivity (Wildman–Crippen MR) is 90.6 cm³/mol. The number of halogens is 2. The number of hydrogen-bond donors (Lipinski definition) is 1. The Morgan fingerprint density at radius 3 is 2.55 bits per heavy atom. The van der Waals surface area contributed by atoms with Crippen LogP contribution in [0.5, 0.6) is 0 Å². The predicted octanol–water partition coefficient (Wildman–Crippen LogP) is 4.34. The first-order valence-corrected chi connectivity index (χ1v) is 8.19. The van der Waals surface area contributed by atoms with Gasteiger partial charge in [-0.1, -0.05) is 29.3 Å². The third kappa shape index (κ3) is 3.37. The lowest BCUT2D eigenvalue weighted by Gasteiger charge is -2.35. The van der Waals surface area contributed by atoms with Gasteiger partial charge in [-0.05, 0) is 48.6 Å².